The molecule has 0 aliphatic rings. The number of sulfone groups is 1. The van der Waals surface area contributed by atoms with E-state index >= 15 is 0 Å². The van der Waals surface area contributed by atoms with Crippen molar-refractivity contribution in [1.82, 2.24) is 0 Å². The van der Waals surface area contributed by atoms with Crippen molar-refractivity contribution >= 4 is 16.6 Å². The SMILES string of the molecule is C=N[C@H](CF)Cc1ccc(S(C)(=O)=O)cc1. The average molecular weight is 243 g/mol. The monoisotopic (exact) mass is 243 g/mol. The van der Waals surface area contributed by atoms with Gasteiger partial charge in [0.25, 0.3) is 0 Å². The summed E-state index contributed by atoms with van der Waals surface area (Å²) in [6.45, 7) is 2.74. The molecule has 0 amide bonds. The van der Waals surface area contributed by atoms with Gasteiger partial charge < -0.3 is 0 Å². The van der Waals surface area contributed by atoms with Crippen molar-refractivity contribution in [3.05, 3.63) is 29.8 Å². The summed E-state index contributed by atoms with van der Waals surface area (Å²) >= 11 is 0. The van der Waals surface area contributed by atoms with E-state index in [0.29, 0.717) is 6.42 Å². The minimum atomic E-state index is -3.17. The molecule has 88 valence electrons. The number of aliphatic imine (C=N–C) groups is 1. The smallest absolute Gasteiger partial charge is 0.175 e. The number of hydrogen-bond acceptors (Lipinski definition) is 3. The van der Waals surface area contributed by atoms with Gasteiger partial charge in [-0.3, -0.25) is 4.99 Å². The standard InChI is InChI=1S/C11H14FNO2S/c1-13-10(8-12)7-9-3-5-11(6-4-9)16(2,14)15/h3-6,10H,1,7-8H2,2H3/t10-/m0/s1. The van der Waals surface area contributed by atoms with Crippen LogP contribution in [-0.4, -0.2) is 34.1 Å². The summed E-state index contributed by atoms with van der Waals surface area (Å²) in [5.74, 6) is 0. The highest BCUT2D eigenvalue weighted by Gasteiger charge is 2.09. The Balaban J connectivity index is 2.83. The molecule has 1 atom stereocenters. The first-order valence-electron chi connectivity index (χ1n) is 4.78. The summed E-state index contributed by atoms with van der Waals surface area (Å²) in [6.07, 6.45) is 1.59. The van der Waals surface area contributed by atoms with Crippen LogP contribution in [0.4, 0.5) is 4.39 Å². The topological polar surface area (TPSA) is 46.5 Å². The lowest BCUT2D eigenvalue weighted by molar-refractivity contribution is 0.429. The Bertz CT molecular complexity index is 453. The molecule has 3 nitrogen and oxygen atoms in total. The number of benzene rings is 1. The number of alkyl halides is 1. The molecule has 0 aliphatic heterocycles. The second kappa shape index (κ2) is 5.21. The van der Waals surface area contributed by atoms with Gasteiger partial charge in [-0.25, -0.2) is 12.8 Å². The molecule has 0 aliphatic carbocycles. The van der Waals surface area contributed by atoms with E-state index in [1.165, 1.54) is 12.1 Å². The van der Waals surface area contributed by atoms with Crippen molar-refractivity contribution in [3.63, 3.8) is 0 Å². The first kappa shape index (κ1) is 12.8. The summed E-state index contributed by atoms with van der Waals surface area (Å²) in [7, 11) is -3.17. The summed E-state index contributed by atoms with van der Waals surface area (Å²) in [5.41, 5.74) is 0.849. The predicted octanol–water partition coefficient (Wildman–Crippen LogP) is 1.67. The minimum Gasteiger partial charge on any atom is -0.295 e. The van der Waals surface area contributed by atoms with Crippen LogP contribution in [0.5, 0.6) is 0 Å². The Labute approximate surface area is 94.9 Å². The first-order valence-corrected chi connectivity index (χ1v) is 6.67. The van der Waals surface area contributed by atoms with Crippen molar-refractivity contribution in [2.24, 2.45) is 4.99 Å². The summed E-state index contributed by atoms with van der Waals surface area (Å²) in [5, 5.41) is 0. The second-order valence-electron chi connectivity index (χ2n) is 3.61. The van der Waals surface area contributed by atoms with Gasteiger partial charge in [0.05, 0.1) is 10.9 Å². The molecule has 1 aromatic carbocycles. The van der Waals surface area contributed by atoms with Crippen molar-refractivity contribution in [3.8, 4) is 0 Å². The molecule has 0 heterocycles. The maximum absolute atomic E-state index is 12.4. The average Bonchev–Trinajstić information content (AvgIpc) is 2.25. The van der Waals surface area contributed by atoms with E-state index in [0.717, 1.165) is 11.8 Å². The van der Waals surface area contributed by atoms with Gasteiger partial charge in [0.1, 0.15) is 6.67 Å². The highest BCUT2D eigenvalue weighted by atomic mass is 32.2. The lowest BCUT2D eigenvalue weighted by Crippen LogP contribution is -2.10. The third kappa shape index (κ3) is 3.41. The van der Waals surface area contributed by atoms with E-state index in [1.54, 1.807) is 12.1 Å². The highest BCUT2D eigenvalue weighted by molar-refractivity contribution is 7.90. The molecule has 0 fully saturated rings. The van der Waals surface area contributed by atoms with Crippen LogP contribution in [0.15, 0.2) is 34.2 Å². The van der Waals surface area contributed by atoms with E-state index < -0.39 is 22.6 Å². The van der Waals surface area contributed by atoms with E-state index in [-0.39, 0.29) is 4.90 Å². The lowest BCUT2D eigenvalue weighted by atomic mass is 10.1. The van der Waals surface area contributed by atoms with Crippen LogP contribution in [0.2, 0.25) is 0 Å². The van der Waals surface area contributed by atoms with E-state index in [9.17, 15) is 12.8 Å². The van der Waals surface area contributed by atoms with Gasteiger partial charge in [0.15, 0.2) is 9.84 Å². The Morgan fingerprint density at radius 1 is 1.38 bits per heavy atom. The Kier molecular flexibility index (Phi) is 4.18. The minimum absolute atomic E-state index is 0.264. The van der Waals surface area contributed by atoms with Crippen LogP contribution in [-0.2, 0) is 16.3 Å². The van der Waals surface area contributed by atoms with Crippen LogP contribution in [0.3, 0.4) is 0 Å². The third-order valence-electron chi connectivity index (χ3n) is 2.26. The fraction of sp³-hybridized carbons (Fsp3) is 0.364. The Hall–Kier alpha value is -1.23. The van der Waals surface area contributed by atoms with Crippen molar-refractivity contribution in [2.45, 2.75) is 17.4 Å². The van der Waals surface area contributed by atoms with Gasteiger partial charge >= 0.3 is 0 Å². The fourth-order valence-corrected chi connectivity index (χ4v) is 1.94. The normalized spacial score (nSPS) is 13.4. The molecule has 0 unspecified atom stereocenters. The summed E-state index contributed by atoms with van der Waals surface area (Å²) < 4.78 is 34.8. The van der Waals surface area contributed by atoms with Crippen LogP contribution in [0.25, 0.3) is 0 Å². The molecular formula is C11H14FNO2S. The second-order valence-corrected chi connectivity index (χ2v) is 5.63. The van der Waals surface area contributed by atoms with Gasteiger partial charge in [-0.05, 0) is 30.8 Å². The molecule has 0 radical (unpaired) electrons. The fourth-order valence-electron chi connectivity index (χ4n) is 1.31. The van der Waals surface area contributed by atoms with Crippen LogP contribution in [0, 0.1) is 0 Å². The highest BCUT2D eigenvalue weighted by Crippen LogP contribution is 2.12. The van der Waals surface area contributed by atoms with Gasteiger partial charge in [0.2, 0.25) is 0 Å². The molecule has 16 heavy (non-hydrogen) atoms. The Morgan fingerprint density at radius 3 is 2.31 bits per heavy atom. The molecule has 1 aromatic rings. The molecule has 0 saturated carbocycles. The molecular weight excluding hydrogens is 229 g/mol. The maximum Gasteiger partial charge on any atom is 0.175 e. The van der Waals surface area contributed by atoms with Crippen molar-refractivity contribution in [1.29, 1.82) is 0 Å². The third-order valence-corrected chi connectivity index (χ3v) is 3.39. The Morgan fingerprint density at radius 2 is 1.94 bits per heavy atom. The van der Waals surface area contributed by atoms with E-state index in [4.69, 9.17) is 0 Å². The quantitative estimate of drug-likeness (QED) is 0.738. The molecule has 5 heteroatoms. The zero-order valence-corrected chi connectivity index (χ0v) is 9.87. The number of nitrogens with zero attached hydrogens (tertiary/aromatic N) is 1. The van der Waals surface area contributed by atoms with E-state index in [1.807, 2.05) is 0 Å². The predicted molar refractivity (Wildman–Crippen MR) is 62.6 cm³/mol. The number of hydrogen-bond donors (Lipinski definition) is 0. The largest absolute Gasteiger partial charge is 0.295 e. The molecule has 0 bridgehead atoms. The molecule has 0 N–H and O–H groups in total. The summed E-state index contributed by atoms with van der Waals surface area (Å²) in [6, 6.07) is 5.92. The van der Waals surface area contributed by atoms with Crippen molar-refractivity contribution < 1.29 is 12.8 Å². The van der Waals surface area contributed by atoms with Gasteiger partial charge in [-0.2, -0.15) is 0 Å². The maximum atomic E-state index is 12.4. The zero-order valence-electron chi connectivity index (χ0n) is 9.06. The summed E-state index contributed by atoms with van der Waals surface area (Å²) in [4.78, 5) is 3.89. The number of halogens is 1. The zero-order chi connectivity index (χ0) is 12.2. The van der Waals surface area contributed by atoms with Gasteiger partial charge in [0, 0.05) is 6.26 Å². The molecule has 1 rings (SSSR count). The molecule has 0 spiro atoms. The van der Waals surface area contributed by atoms with Gasteiger partial charge in [-0.1, -0.05) is 12.1 Å². The first-order chi connectivity index (χ1) is 7.47. The number of rotatable bonds is 5. The molecule has 0 aromatic heterocycles. The van der Waals surface area contributed by atoms with Crippen LogP contribution >= 0.6 is 0 Å². The van der Waals surface area contributed by atoms with E-state index in [2.05, 4.69) is 11.7 Å². The van der Waals surface area contributed by atoms with Crippen LogP contribution in [0.1, 0.15) is 5.56 Å². The molecule has 0 saturated heterocycles. The van der Waals surface area contributed by atoms with Crippen molar-refractivity contribution in [2.75, 3.05) is 12.9 Å². The van der Waals surface area contributed by atoms with Gasteiger partial charge in [-0.15, -0.1) is 0 Å². The van der Waals surface area contributed by atoms with Crippen LogP contribution < -0.4 is 0 Å². The lowest BCUT2D eigenvalue weighted by Gasteiger charge is -2.07.